The monoisotopic (exact) mass is 260 g/mol. The van der Waals surface area contributed by atoms with E-state index in [-0.39, 0.29) is 18.8 Å². The lowest BCUT2D eigenvalue weighted by atomic mass is 10.1. The van der Waals surface area contributed by atoms with Crippen LogP contribution in [0.1, 0.15) is 20.8 Å². The van der Waals surface area contributed by atoms with E-state index in [9.17, 15) is 9.59 Å². The molecule has 1 atom stereocenters. The Bertz CT molecular complexity index is 252. The highest BCUT2D eigenvalue weighted by molar-refractivity contribution is 6.78. The average Bonchev–Trinajstić information content (AvgIpc) is 2.17. The molecular formula is C12H24O4Si. The van der Waals surface area contributed by atoms with E-state index in [1.165, 1.54) is 0 Å². The summed E-state index contributed by atoms with van der Waals surface area (Å²) in [6.45, 7) is 12.4. The van der Waals surface area contributed by atoms with Crippen LogP contribution in [0, 0.1) is 5.92 Å². The van der Waals surface area contributed by atoms with Crippen molar-refractivity contribution in [3.8, 4) is 0 Å². The molecule has 0 heterocycles. The Morgan fingerprint density at radius 2 is 1.35 bits per heavy atom. The molecule has 0 aromatic rings. The third-order valence-corrected chi connectivity index (χ3v) is 6.01. The van der Waals surface area contributed by atoms with E-state index < -0.39 is 25.9 Å². The number of rotatable bonds is 6. The highest BCUT2D eigenvalue weighted by atomic mass is 28.3. The highest BCUT2D eigenvalue weighted by Crippen LogP contribution is 2.31. The number of carbonyl (C=O) groups is 2. The van der Waals surface area contributed by atoms with Crippen LogP contribution in [0.25, 0.3) is 0 Å². The van der Waals surface area contributed by atoms with Crippen molar-refractivity contribution in [2.45, 2.75) is 46.0 Å². The van der Waals surface area contributed by atoms with Crippen LogP contribution in [0.15, 0.2) is 0 Å². The van der Waals surface area contributed by atoms with E-state index in [1.807, 2.05) is 6.92 Å². The molecule has 5 heteroatoms. The molecule has 0 aromatic carbocycles. The second kappa shape index (κ2) is 6.79. The van der Waals surface area contributed by atoms with Gasteiger partial charge in [-0.15, -0.1) is 0 Å². The first-order valence-corrected chi connectivity index (χ1v) is 9.66. The molecule has 0 rings (SSSR count). The normalized spacial score (nSPS) is 13.4. The maximum Gasteiger partial charge on any atom is 0.320 e. The summed E-state index contributed by atoms with van der Waals surface area (Å²) in [7, 11) is -1.61. The molecule has 0 radical (unpaired) electrons. The van der Waals surface area contributed by atoms with Gasteiger partial charge in [-0.2, -0.15) is 0 Å². The summed E-state index contributed by atoms with van der Waals surface area (Å²) in [4.78, 5) is 23.7. The lowest BCUT2D eigenvalue weighted by Crippen LogP contribution is -2.40. The maximum absolute atomic E-state index is 11.8. The Labute approximate surface area is 105 Å². The lowest BCUT2D eigenvalue weighted by molar-refractivity contribution is -0.161. The van der Waals surface area contributed by atoms with Crippen molar-refractivity contribution in [2.75, 3.05) is 13.2 Å². The molecule has 100 valence electrons. The van der Waals surface area contributed by atoms with Crippen molar-refractivity contribution in [3.63, 3.8) is 0 Å². The molecule has 4 nitrogen and oxygen atoms in total. The Hall–Kier alpha value is -0.843. The molecule has 0 aromatic heterocycles. The van der Waals surface area contributed by atoms with Crippen molar-refractivity contribution in [1.82, 2.24) is 0 Å². The molecule has 0 aliphatic carbocycles. The third kappa shape index (κ3) is 4.89. The zero-order valence-corrected chi connectivity index (χ0v) is 12.7. The fourth-order valence-corrected chi connectivity index (χ4v) is 2.74. The van der Waals surface area contributed by atoms with Crippen LogP contribution in [0.4, 0.5) is 0 Å². The number of hydrogen-bond acceptors (Lipinski definition) is 4. The molecule has 0 bridgehead atoms. The Morgan fingerprint density at radius 3 is 1.59 bits per heavy atom. The highest BCUT2D eigenvalue weighted by Gasteiger charge is 2.41. The van der Waals surface area contributed by atoms with Gasteiger partial charge in [0.1, 0.15) is 0 Å². The number of carbonyl (C=O) groups excluding carboxylic acids is 2. The standard InChI is InChI=1S/C12H24O4Si/c1-7-15-11(13)10(12(14)16-8-2)9(3)17(4,5)6/h9-10H,7-8H2,1-6H3. The third-order valence-electron chi connectivity index (χ3n) is 2.95. The molecule has 0 amide bonds. The molecule has 17 heavy (non-hydrogen) atoms. The van der Waals surface area contributed by atoms with E-state index in [1.54, 1.807) is 13.8 Å². The molecule has 0 fully saturated rings. The first-order chi connectivity index (χ1) is 7.75. The first-order valence-electron chi connectivity index (χ1n) is 6.08. The molecule has 1 unspecified atom stereocenters. The first kappa shape index (κ1) is 16.2. The van der Waals surface area contributed by atoms with Gasteiger partial charge in [-0.1, -0.05) is 26.6 Å². The van der Waals surface area contributed by atoms with Gasteiger partial charge in [0.25, 0.3) is 0 Å². The molecule has 0 saturated heterocycles. The Balaban J connectivity index is 4.97. The van der Waals surface area contributed by atoms with Crippen molar-refractivity contribution >= 4 is 20.0 Å². The van der Waals surface area contributed by atoms with Gasteiger partial charge >= 0.3 is 11.9 Å². The fraction of sp³-hybridized carbons (Fsp3) is 0.833. The van der Waals surface area contributed by atoms with E-state index >= 15 is 0 Å². The van der Waals surface area contributed by atoms with Crippen LogP contribution >= 0.6 is 0 Å². The van der Waals surface area contributed by atoms with Crippen LogP contribution in [0.2, 0.25) is 25.2 Å². The Morgan fingerprint density at radius 1 is 1.00 bits per heavy atom. The Kier molecular flexibility index (Phi) is 6.45. The summed E-state index contributed by atoms with van der Waals surface area (Å²) in [5.74, 6) is -1.69. The smallest absolute Gasteiger partial charge is 0.320 e. The van der Waals surface area contributed by atoms with Crippen molar-refractivity contribution < 1.29 is 19.1 Å². The summed E-state index contributed by atoms with van der Waals surface area (Å²) in [5, 5.41) is 0. The van der Waals surface area contributed by atoms with Gasteiger partial charge in [-0.25, -0.2) is 0 Å². The van der Waals surface area contributed by atoms with Gasteiger partial charge in [0.05, 0.1) is 13.2 Å². The van der Waals surface area contributed by atoms with E-state index in [4.69, 9.17) is 9.47 Å². The number of esters is 2. The van der Waals surface area contributed by atoms with Gasteiger partial charge in [-0.3, -0.25) is 9.59 Å². The number of hydrogen-bond donors (Lipinski definition) is 0. The van der Waals surface area contributed by atoms with Crippen molar-refractivity contribution in [3.05, 3.63) is 0 Å². The van der Waals surface area contributed by atoms with Crippen LogP contribution in [-0.2, 0) is 19.1 Å². The predicted octanol–water partition coefficient (Wildman–Crippen LogP) is 2.46. The van der Waals surface area contributed by atoms with Gasteiger partial charge in [0, 0.05) is 8.07 Å². The van der Waals surface area contributed by atoms with Gasteiger partial charge in [-0.05, 0) is 19.4 Å². The molecule has 0 aliphatic heterocycles. The van der Waals surface area contributed by atoms with Crippen LogP contribution < -0.4 is 0 Å². The minimum Gasteiger partial charge on any atom is -0.465 e. The second-order valence-electron chi connectivity index (χ2n) is 5.14. The summed E-state index contributed by atoms with van der Waals surface area (Å²) < 4.78 is 9.94. The summed E-state index contributed by atoms with van der Waals surface area (Å²) in [5.41, 5.74) is 0.000556. The lowest BCUT2D eigenvalue weighted by Gasteiger charge is -2.30. The van der Waals surface area contributed by atoms with Gasteiger partial charge in [0.15, 0.2) is 5.92 Å². The predicted molar refractivity (Wildman–Crippen MR) is 69.5 cm³/mol. The van der Waals surface area contributed by atoms with E-state index in [0.29, 0.717) is 0 Å². The summed E-state index contributed by atoms with van der Waals surface area (Å²) in [6, 6.07) is 0. The minimum absolute atomic E-state index is 0.000556. The molecule has 0 spiro atoms. The molecule has 0 saturated carbocycles. The van der Waals surface area contributed by atoms with Crippen LogP contribution in [-0.4, -0.2) is 33.2 Å². The summed E-state index contributed by atoms with van der Waals surface area (Å²) >= 11 is 0. The average molecular weight is 260 g/mol. The van der Waals surface area contributed by atoms with Crippen LogP contribution in [0.5, 0.6) is 0 Å². The molecule has 0 N–H and O–H groups in total. The zero-order valence-electron chi connectivity index (χ0n) is 11.7. The van der Waals surface area contributed by atoms with Gasteiger partial charge < -0.3 is 9.47 Å². The largest absolute Gasteiger partial charge is 0.465 e. The van der Waals surface area contributed by atoms with Gasteiger partial charge in [0.2, 0.25) is 0 Å². The van der Waals surface area contributed by atoms with Crippen molar-refractivity contribution in [1.29, 1.82) is 0 Å². The zero-order chi connectivity index (χ0) is 13.6. The van der Waals surface area contributed by atoms with E-state index in [0.717, 1.165) is 0 Å². The molecule has 0 aliphatic rings. The van der Waals surface area contributed by atoms with E-state index in [2.05, 4.69) is 19.6 Å². The quantitative estimate of drug-likeness (QED) is 0.418. The van der Waals surface area contributed by atoms with Crippen molar-refractivity contribution in [2.24, 2.45) is 5.92 Å². The van der Waals surface area contributed by atoms with Crippen LogP contribution in [0.3, 0.4) is 0 Å². The molecular weight excluding hydrogens is 236 g/mol. The number of ether oxygens (including phenoxy) is 2. The SMILES string of the molecule is CCOC(=O)C(C(=O)OCC)C(C)[Si](C)(C)C. The topological polar surface area (TPSA) is 52.6 Å². The summed E-state index contributed by atoms with van der Waals surface area (Å²) in [6.07, 6.45) is 0. The fourth-order valence-electron chi connectivity index (χ4n) is 1.47. The maximum atomic E-state index is 11.8. The second-order valence-corrected chi connectivity index (χ2v) is 10.8. The minimum atomic E-state index is -1.61.